The number of fused-ring (bicyclic) bond motifs is 1. The smallest absolute Gasteiger partial charge is 0.214 e. The van der Waals surface area contributed by atoms with Crippen LogP contribution in [0.4, 0.5) is 0 Å². The zero-order valence-electron chi connectivity index (χ0n) is 18.8. The lowest BCUT2D eigenvalue weighted by Crippen LogP contribution is -2.38. The average molecular weight is 476 g/mol. The van der Waals surface area contributed by atoms with Gasteiger partial charge in [0.2, 0.25) is 5.88 Å². The van der Waals surface area contributed by atoms with Crippen molar-refractivity contribution in [3.8, 4) is 28.8 Å². The van der Waals surface area contributed by atoms with Crippen LogP contribution in [0.2, 0.25) is 0 Å². The summed E-state index contributed by atoms with van der Waals surface area (Å²) >= 11 is 1.38. The number of aromatic nitrogens is 4. The van der Waals surface area contributed by atoms with Gasteiger partial charge in [-0.1, -0.05) is 11.8 Å². The minimum Gasteiger partial charge on any atom is -0.476 e. The van der Waals surface area contributed by atoms with Crippen LogP contribution in [0.5, 0.6) is 5.88 Å². The van der Waals surface area contributed by atoms with Crippen LogP contribution in [0, 0.1) is 11.8 Å². The van der Waals surface area contributed by atoms with E-state index in [-0.39, 0.29) is 0 Å². The molecule has 0 bridgehead atoms. The third-order valence-corrected chi connectivity index (χ3v) is 6.64. The van der Waals surface area contributed by atoms with Crippen LogP contribution in [0.25, 0.3) is 22.0 Å². The molecule has 0 radical (unpaired) electrons. The Morgan fingerprint density at radius 3 is 2.94 bits per heavy atom. The zero-order chi connectivity index (χ0) is 23.4. The van der Waals surface area contributed by atoms with Crippen molar-refractivity contribution in [3.63, 3.8) is 0 Å². The van der Waals surface area contributed by atoms with Crippen molar-refractivity contribution in [2.45, 2.75) is 12.5 Å². The number of rotatable bonds is 6. The van der Waals surface area contributed by atoms with Crippen LogP contribution in [-0.2, 0) is 10.3 Å². The van der Waals surface area contributed by atoms with Crippen molar-refractivity contribution >= 4 is 22.2 Å². The van der Waals surface area contributed by atoms with Crippen molar-refractivity contribution in [1.82, 2.24) is 25.1 Å². The monoisotopic (exact) mass is 475 g/mol. The standard InChI is InChI=1S/C25H25N5O3S/c1-25(31,24-26-6-13-34-24)5-4-18-2-3-22-21(14-18)20(19-16-27-28-17-19)15-23(29-22)33-12-9-30-7-10-32-11-8-30/h2-3,6,13-17,31H,7-12H2,1H3,(H,27,28). The first-order chi connectivity index (χ1) is 16.6. The zero-order valence-corrected chi connectivity index (χ0v) is 19.6. The van der Waals surface area contributed by atoms with Crippen LogP contribution >= 0.6 is 11.3 Å². The van der Waals surface area contributed by atoms with Gasteiger partial charge in [-0.15, -0.1) is 11.3 Å². The number of morpholine rings is 1. The Morgan fingerprint density at radius 2 is 2.18 bits per heavy atom. The summed E-state index contributed by atoms with van der Waals surface area (Å²) in [6.45, 7) is 6.42. The third-order valence-electron chi connectivity index (χ3n) is 5.65. The average Bonchev–Trinajstić information content (AvgIpc) is 3.58. The number of benzene rings is 1. The molecule has 8 nitrogen and oxygen atoms in total. The molecule has 1 unspecified atom stereocenters. The van der Waals surface area contributed by atoms with E-state index >= 15 is 0 Å². The summed E-state index contributed by atoms with van der Waals surface area (Å²) in [5, 5.41) is 21.0. The molecule has 1 fully saturated rings. The molecule has 0 saturated carbocycles. The highest BCUT2D eigenvalue weighted by atomic mass is 32.1. The molecule has 174 valence electrons. The Morgan fingerprint density at radius 1 is 1.29 bits per heavy atom. The predicted octanol–water partition coefficient (Wildman–Crippen LogP) is 3.05. The molecule has 1 aromatic carbocycles. The maximum absolute atomic E-state index is 10.7. The maximum Gasteiger partial charge on any atom is 0.214 e. The summed E-state index contributed by atoms with van der Waals surface area (Å²) in [5.74, 6) is 6.61. The minimum atomic E-state index is -1.31. The largest absolute Gasteiger partial charge is 0.476 e. The molecule has 2 N–H and O–H groups in total. The van der Waals surface area contributed by atoms with E-state index in [9.17, 15) is 5.11 Å². The quantitative estimate of drug-likeness (QED) is 0.414. The maximum atomic E-state index is 10.7. The number of hydrogen-bond donors (Lipinski definition) is 2. The summed E-state index contributed by atoms with van der Waals surface area (Å²) in [7, 11) is 0. The number of nitrogens with zero attached hydrogens (tertiary/aromatic N) is 4. The Bertz CT molecular complexity index is 1300. The van der Waals surface area contributed by atoms with Crippen LogP contribution in [0.15, 0.2) is 48.2 Å². The van der Waals surface area contributed by atoms with E-state index < -0.39 is 5.60 Å². The van der Waals surface area contributed by atoms with Gasteiger partial charge in [-0.2, -0.15) is 5.10 Å². The summed E-state index contributed by atoms with van der Waals surface area (Å²) in [6.07, 6.45) is 5.28. The molecule has 9 heteroatoms. The number of aromatic amines is 1. The lowest BCUT2D eigenvalue weighted by Gasteiger charge is -2.26. The van der Waals surface area contributed by atoms with E-state index in [1.165, 1.54) is 11.3 Å². The molecule has 34 heavy (non-hydrogen) atoms. The first-order valence-electron chi connectivity index (χ1n) is 11.1. The fraction of sp³-hybridized carbons (Fsp3) is 0.320. The van der Waals surface area contributed by atoms with E-state index in [4.69, 9.17) is 14.5 Å². The van der Waals surface area contributed by atoms with Crippen molar-refractivity contribution in [1.29, 1.82) is 0 Å². The van der Waals surface area contributed by atoms with E-state index in [1.807, 2.05) is 35.8 Å². The molecule has 5 rings (SSSR count). The minimum absolute atomic E-state index is 0.554. The number of nitrogens with one attached hydrogen (secondary N) is 1. The molecule has 3 aromatic heterocycles. The SMILES string of the molecule is CC(O)(C#Cc1ccc2nc(OCCN3CCOCC3)cc(-c3cn[nH]c3)c2c1)c1nccs1. The number of pyridine rings is 1. The van der Waals surface area contributed by atoms with Gasteiger partial charge in [0.15, 0.2) is 5.60 Å². The molecule has 1 aliphatic heterocycles. The highest BCUT2D eigenvalue weighted by Crippen LogP contribution is 2.31. The van der Waals surface area contributed by atoms with Gasteiger partial charge in [-0.25, -0.2) is 9.97 Å². The fourth-order valence-electron chi connectivity index (χ4n) is 3.81. The normalized spacial score (nSPS) is 16.1. The number of thiazole rings is 1. The van der Waals surface area contributed by atoms with Gasteiger partial charge in [0.1, 0.15) is 11.6 Å². The van der Waals surface area contributed by atoms with Gasteiger partial charge in [0.05, 0.1) is 24.9 Å². The third kappa shape index (κ3) is 5.11. The molecule has 0 amide bonds. The summed E-state index contributed by atoms with van der Waals surface area (Å²) in [6, 6.07) is 7.75. The van der Waals surface area contributed by atoms with Crippen molar-refractivity contribution in [3.05, 3.63) is 58.8 Å². The van der Waals surface area contributed by atoms with E-state index in [1.54, 1.807) is 19.3 Å². The van der Waals surface area contributed by atoms with Crippen LogP contribution in [0.1, 0.15) is 17.5 Å². The van der Waals surface area contributed by atoms with E-state index in [2.05, 4.69) is 31.9 Å². The Hall–Kier alpha value is -3.29. The Labute approximate surface area is 201 Å². The van der Waals surface area contributed by atoms with Crippen LogP contribution in [-0.4, -0.2) is 69.6 Å². The number of aliphatic hydroxyl groups is 1. The van der Waals surface area contributed by atoms with E-state index in [0.717, 1.165) is 60.4 Å². The van der Waals surface area contributed by atoms with Gasteiger partial charge < -0.3 is 14.6 Å². The molecule has 1 aliphatic rings. The van der Waals surface area contributed by atoms with Crippen LogP contribution < -0.4 is 4.74 Å². The van der Waals surface area contributed by atoms with Gasteiger partial charge >= 0.3 is 0 Å². The molecule has 0 aliphatic carbocycles. The Kier molecular flexibility index (Phi) is 6.56. The number of ether oxygens (including phenoxy) is 2. The molecule has 1 atom stereocenters. The Balaban J connectivity index is 1.42. The summed E-state index contributed by atoms with van der Waals surface area (Å²) in [5.41, 5.74) is 2.15. The predicted molar refractivity (Wildman–Crippen MR) is 131 cm³/mol. The van der Waals surface area contributed by atoms with E-state index in [0.29, 0.717) is 17.5 Å². The first kappa shape index (κ1) is 22.5. The van der Waals surface area contributed by atoms with Gasteiger partial charge in [-0.05, 0) is 30.7 Å². The van der Waals surface area contributed by atoms with Gasteiger partial charge in [-0.3, -0.25) is 10.00 Å². The van der Waals surface area contributed by atoms with Crippen molar-refractivity contribution in [2.75, 3.05) is 39.5 Å². The van der Waals surface area contributed by atoms with Crippen molar-refractivity contribution < 1.29 is 14.6 Å². The second kappa shape index (κ2) is 9.91. The van der Waals surface area contributed by atoms with Crippen LogP contribution in [0.3, 0.4) is 0 Å². The van der Waals surface area contributed by atoms with Gasteiger partial charge in [0.25, 0.3) is 0 Å². The lowest BCUT2D eigenvalue weighted by atomic mass is 10.0. The molecular formula is C25H25N5O3S. The first-order valence-corrected chi connectivity index (χ1v) is 12.0. The molecule has 0 spiro atoms. The highest BCUT2D eigenvalue weighted by molar-refractivity contribution is 7.09. The van der Waals surface area contributed by atoms with Crippen molar-refractivity contribution in [2.24, 2.45) is 0 Å². The lowest BCUT2D eigenvalue weighted by molar-refractivity contribution is 0.0320. The second-order valence-electron chi connectivity index (χ2n) is 8.19. The fourth-order valence-corrected chi connectivity index (χ4v) is 4.46. The molecular weight excluding hydrogens is 450 g/mol. The molecule has 4 aromatic rings. The molecule has 1 saturated heterocycles. The number of hydrogen-bond acceptors (Lipinski definition) is 8. The summed E-state index contributed by atoms with van der Waals surface area (Å²) < 4.78 is 11.4. The molecule has 4 heterocycles. The number of H-pyrrole nitrogens is 1. The highest BCUT2D eigenvalue weighted by Gasteiger charge is 2.23. The topological polar surface area (TPSA) is 96.4 Å². The summed E-state index contributed by atoms with van der Waals surface area (Å²) in [4.78, 5) is 11.2. The van der Waals surface area contributed by atoms with Gasteiger partial charge in [0, 0.05) is 60.0 Å². The second-order valence-corrected chi connectivity index (χ2v) is 9.08.